The molecule has 2 fully saturated rings. The number of thiophene rings is 1. The summed E-state index contributed by atoms with van der Waals surface area (Å²) in [4.78, 5) is 17.9. The first-order valence-electron chi connectivity index (χ1n) is 11.4. The van der Waals surface area contributed by atoms with Crippen LogP contribution in [-0.4, -0.2) is 53.7 Å². The zero-order valence-corrected chi connectivity index (χ0v) is 20.8. The number of halogens is 1. The molecule has 34 heavy (non-hydrogen) atoms. The number of carbonyl (C=O) groups is 1. The fraction of sp³-hybridized carbons (Fsp3) is 0.500. The van der Waals surface area contributed by atoms with Crippen LogP contribution in [0.5, 0.6) is 0 Å². The molecule has 1 aromatic carbocycles. The predicted molar refractivity (Wildman–Crippen MR) is 128 cm³/mol. The Morgan fingerprint density at radius 3 is 2.56 bits per heavy atom. The zero-order chi connectivity index (χ0) is 24.3. The maximum atomic E-state index is 15.2. The molecule has 0 radical (unpaired) electrons. The van der Waals surface area contributed by atoms with Crippen molar-refractivity contribution < 1.29 is 28.0 Å². The maximum absolute atomic E-state index is 15.2. The summed E-state index contributed by atoms with van der Waals surface area (Å²) in [7, 11) is 0.742. The van der Waals surface area contributed by atoms with E-state index in [0.29, 0.717) is 28.9 Å². The Bertz CT molecular complexity index is 1230. The second-order valence-electron chi connectivity index (χ2n) is 9.83. The lowest BCUT2D eigenvalue weighted by Crippen LogP contribution is -2.41. The van der Waals surface area contributed by atoms with Gasteiger partial charge in [-0.2, -0.15) is 0 Å². The summed E-state index contributed by atoms with van der Waals surface area (Å²) >= 11 is 1.28. The van der Waals surface area contributed by atoms with Gasteiger partial charge in [0, 0.05) is 13.0 Å². The van der Waals surface area contributed by atoms with Gasteiger partial charge < -0.3 is 23.3 Å². The van der Waals surface area contributed by atoms with Crippen molar-refractivity contribution in [3.63, 3.8) is 0 Å². The third-order valence-corrected chi connectivity index (χ3v) is 8.04. The normalized spacial score (nSPS) is 21.1. The monoisotopic (exact) mass is 486 g/mol. The van der Waals surface area contributed by atoms with E-state index in [2.05, 4.69) is 0 Å². The number of aromatic nitrogens is 2. The molecule has 2 aliphatic rings. The fourth-order valence-electron chi connectivity index (χ4n) is 4.14. The van der Waals surface area contributed by atoms with Gasteiger partial charge in [-0.25, -0.2) is 14.2 Å². The van der Waals surface area contributed by atoms with Crippen LogP contribution in [-0.2, 0) is 31.7 Å². The van der Waals surface area contributed by atoms with E-state index in [0.717, 1.165) is 29.2 Å². The average molecular weight is 486 g/mol. The van der Waals surface area contributed by atoms with Crippen molar-refractivity contribution >= 4 is 40.2 Å². The quantitative estimate of drug-likeness (QED) is 0.391. The first-order chi connectivity index (χ1) is 16.1. The van der Waals surface area contributed by atoms with Crippen molar-refractivity contribution in [1.82, 2.24) is 9.55 Å². The van der Waals surface area contributed by atoms with Crippen molar-refractivity contribution in [2.75, 3.05) is 13.7 Å². The van der Waals surface area contributed by atoms with Gasteiger partial charge in [-0.1, -0.05) is 12.1 Å². The van der Waals surface area contributed by atoms with Crippen LogP contribution in [0.4, 0.5) is 4.39 Å². The minimum absolute atomic E-state index is 0.0909. The Hall–Kier alpha value is -2.27. The molecule has 10 heteroatoms. The highest BCUT2D eigenvalue weighted by Crippen LogP contribution is 2.36. The number of methoxy groups -OCH3 is 1. The summed E-state index contributed by atoms with van der Waals surface area (Å²) in [6, 6.07) is 6.89. The first-order valence-corrected chi connectivity index (χ1v) is 12.2. The van der Waals surface area contributed by atoms with Gasteiger partial charge in [-0.05, 0) is 57.3 Å². The summed E-state index contributed by atoms with van der Waals surface area (Å²) in [5.74, 6) is 0.0102. The highest BCUT2D eigenvalue weighted by molar-refractivity contribution is 7.20. The maximum Gasteiger partial charge on any atom is 0.494 e. The van der Waals surface area contributed by atoms with E-state index in [4.69, 9.17) is 23.8 Å². The first kappa shape index (κ1) is 23.5. The molecule has 2 saturated heterocycles. The molecule has 5 rings (SSSR count). The van der Waals surface area contributed by atoms with Gasteiger partial charge >= 0.3 is 13.1 Å². The molecule has 3 aromatic rings. The van der Waals surface area contributed by atoms with Gasteiger partial charge in [0.2, 0.25) is 0 Å². The molecule has 0 saturated carbocycles. The number of hydrogen-bond donors (Lipinski definition) is 0. The standard InChI is InChI=1S/C24H28BFN2O5S/c1-23(2)24(3,4)33-25(32-23)15-7-6-14(17(26)11-15)10-20-27-21-18(12-19(34-21)22(29)30-5)28(20)13-16-8-9-31-16/h6-7,11-12,16H,8-10,13H2,1-5H3/t16-/m0/s1. The number of fused-ring (bicyclic) bond motifs is 1. The minimum Gasteiger partial charge on any atom is -0.465 e. The van der Waals surface area contributed by atoms with Crippen molar-refractivity contribution in [1.29, 1.82) is 0 Å². The lowest BCUT2D eigenvalue weighted by Gasteiger charge is -2.32. The zero-order valence-electron chi connectivity index (χ0n) is 20.0. The Kier molecular flexibility index (Phi) is 5.83. The number of esters is 1. The highest BCUT2D eigenvalue weighted by Gasteiger charge is 2.51. The summed E-state index contributed by atoms with van der Waals surface area (Å²) in [5.41, 5.74) is 1.04. The van der Waals surface area contributed by atoms with Gasteiger partial charge in [0.15, 0.2) is 0 Å². The summed E-state index contributed by atoms with van der Waals surface area (Å²) in [5, 5.41) is 0. The van der Waals surface area contributed by atoms with E-state index in [1.807, 2.05) is 38.3 Å². The molecule has 4 heterocycles. The van der Waals surface area contributed by atoms with Crippen LogP contribution in [0.3, 0.4) is 0 Å². The summed E-state index contributed by atoms with van der Waals surface area (Å²) in [6.45, 7) is 9.24. The number of hydrogen-bond acceptors (Lipinski definition) is 7. The SMILES string of the molecule is COC(=O)c1cc2c(nc(Cc3ccc(B4OC(C)(C)C(C)(C)O4)cc3F)n2C[C@@H]2CCO2)s1. The number of nitrogens with zero attached hydrogens (tertiary/aromatic N) is 2. The van der Waals surface area contributed by atoms with E-state index >= 15 is 4.39 Å². The molecule has 0 amide bonds. The van der Waals surface area contributed by atoms with Gasteiger partial charge in [0.05, 0.1) is 36.5 Å². The van der Waals surface area contributed by atoms with E-state index in [1.54, 1.807) is 12.1 Å². The van der Waals surface area contributed by atoms with E-state index < -0.39 is 18.3 Å². The Labute approximate surface area is 202 Å². The third-order valence-electron chi connectivity index (χ3n) is 7.04. The van der Waals surface area contributed by atoms with Gasteiger partial charge in [-0.15, -0.1) is 11.3 Å². The van der Waals surface area contributed by atoms with E-state index in [9.17, 15) is 4.79 Å². The van der Waals surface area contributed by atoms with Crippen LogP contribution < -0.4 is 5.46 Å². The number of carbonyl (C=O) groups excluding carboxylic acids is 1. The molecule has 0 bridgehead atoms. The molecule has 0 unspecified atom stereocenters. The fourth-order valence-corrected chi connectivity index (χ4v) is 5.11. The topological polar surface area (TPSA) is 71.8 Å². The molecule has 7 nitrogen and oxygen atoms in total. The Morgan fingerprint density at radius 1 is 1.26 bits per heavy atom. The second-order valence-corrected chi connectivity index (χ2v) is 10.9. The van der Waals surface area contributed by atoms with Crippen molar-refractivity contribution in [3.05, 3.63) is 46.3 Å². The van der Waals surface area contributed by atoms with Crippen LogP contribution >= 0.6 is 11.3 Å². The molecule has 0 aliphatic carbocycles. The Balaban J connectivity index is 1.43. The number of rotatable bonds is 6. The van der Waals surface area contributed by atoms with Crippen LogP contribution in [0, 0.1) is 5.82 Å². The molecule has 1 atom stereocenters. The minimum atomic E-state index is -0.617. The van der Waals surface area contributed by atoms with E-state index in [-0.39, 0.29) is 17.9 Å². The van der Waals surface area contributed by atoms with Crippen molar-refractivity contribution in [2.24, 2.45) is 0 Å². The molecular weight excluding hydrogens is 458 g/mol. The molecule has 2 aromatic heterocycles. The molecule has 2 aliphatic heterocycles. The van der Waals surface area contributed by atoms with Crippen molar-refractivity contribution in [3.8, 4) is 0 Å². The number of ether oxygens (including phenoxy) is 2. The van der Waals surface area contributed by atoms with Crippen LogP contribution in [0.15, 0.2) is 24.3 Å². The predicted octanol–water partition coefficient (Wildman–Crippen LogP) is 3.70. The average Bonchev–Trinajstić information content (AvgIpc) is 3.35. The molecule has 0 spiro atoms. The van der Waals surface area contributed by atoms with Crippen LogP contribution in [0.1, 0.15) is 55.2 Å². The molecule has 0 N–H and O–H groups in total. The van der Waals surface area contributed by atoms with Crippen molar-refractivity contribution in [2.45, 2.75) is 64.4 Å². The lowest BCUT2D eigenvalue weighted by atomic mass is 9.78. The number of benzene rings is 1. The molecular formula is C24H28BFN2O5S. The summed E-state index contributed by atoms with van der Waals surface area (Å²) < 4.78 is 39.8. The smallest absolute Gasteiger partial charge is 0.465 e. The van der Waals surface area contributed by atoms with Gasteiger partial charge in [0.25, 0.3) is 0 Å². The Morgan fingerprint density at radius 2 is 1.97 bits per heavy atom. The highest BCUT2D eigenvalue weighted by atomic mass is 32.1. The van der Waals surface area contributed by atoms with Gasteiger partial charge in [-0.3, -0.25) is 0 Å². The molecule has 180 valence electrons. The third kappa shape index (κ3) is 4.06. The van der Waals surface area contributed by atoms with E-state index in [1.165, 1.54) is 24.5 Å². The lowest BCUT2D eigenvalue weighted by molar-refractivity contribution is -0.0589. The number of imidazole rings is 1. The van der Waals surface area contributed by atoms with Crippen LogP contribution in [0.2, 0.25) is 0 Å². The van der Waals surface area contributed by atoms with Crippen LogP contribution in [0.25, 0.3) is 10.3 Å². The largest absolute Gasteiger partial charge is 0.494 e. The second kappa shape index (κ2) is 8.44. The van der Waals surface area contributed by atoms with Gasteiger partial charge in [0.1, 0.15) is 21.3 Å². The summed E-state index contributed by atoms with van der Waals surface area (Å²) in [6.07, 6.45) is 1.37.